The van der Waals surface area contributed by atoms with Gasteiger partial charge in [0.25, 0.3) is 0 Å². The van der Waals surface area contributed by atoms with Crippen LogP contribution in [-0.2, 0) is 14.4 Å². The molecule has 1 rings (SSSR count). The second-order valence-corrected chi connectivity index (χ2v) is 4.07. The number of nitrogens with one attached hydrogen (secondary N) is 1. The number of amides is 1. The highest BCUT2D eigenvalue weighted by atomic mass is 16.4. The van der Waals surface area contributed by atoms with Gasteiger partial charge in [-0.25, -0.2) is 4.79 Å². The van der Waals surface area contributed by atoms with Crippen LogP contribution in [0.5, 0.6) is 0 Å². The summed E-state index contributed by atoms with van der Waals surface area (Å²) in [4.78, 5) is 32.7. The second kappa shape index (κ2) is 4.96. The van der Waals surface area contributed by atoms with Crippen molar-refractivity contribution in [3.8, 4) is 0 Å². The molecule has 1 aliphatic rings. The van der Waals surface area contributed by atoms with Gasteiger partial charge in [0.05, 0.1) is 0 Å². The molecular formula is C10H15NO5. The lowest BCUT2D eigenvalue weighted by atomic mass is 9.81. The molecule has 6 nitrogen and oxygen atoms in total. The van der Waals surface area contributed by atoms with Crippen LogP contribution in [0.2, 0.25) is 0 Å². The van der Waals surface area contributed by atoms with Crippen molar-refractivity contribution >= 4 is 17.8 Å². The molecule has 1 fully saturated rings. The van der Waals surface area contributed by atoms with E-state index in [1.165, 1.54) is 0 Å². The fourth-order valence-electron chi connectivity index (χ4n) is 2.00. The molecule has 0 aromatic heterocycles. The van der Waals surface area contributed by atoms with Gasteiger partial charge in [0, 0.05) is 0 Å². The maximum atomic E-state index is 11.3. The molecule has 0 unspecified atom stereocenters. The Morgan fingerprint density at radius 3 is 2.06 bits per heavy atom. The van der Waals surface area contributed by atoms with Crippen molar-refractivity contribution in [1.29, 1.82) is 0 Å². The Kier molecular flexibility index (Phi) is 3.87. The summed E-state index contributed by atoms with van der Waals surface area (Å²) in [6.07, 6.45) is 2.47. The molecule has 1 amide bonds. The van der Waals surface area contributed by atoms with Gasteiger partial charge in [-0.1, -0.05) is 19.3 Å². The molecule has 16 heavy (non-hydrogen) atoms. The van der Waals surface area contributed by atoms with Crippen LogP contribution < -0.4 is 5.32 Å². The highest BCUT2D eigenvalue weighted by Gasteiger charge is 2.40. The highest BCUT2D eigenvalue weighted by Crippen LogP contribution is 2.28. The molecule has 1 aliphatic carbocycles. The second-order valence-electron chi connectivity index (χ2n) is 4.07. The van der Waals surface area contributed by atoms with Crippen LogP contribution in [0.25, 0.3) is 0 Å². The molecule has 1 saturated carbocycles. The lowest BCUT2D eigenvalue weighted by molar-refractivity contribution is -0.151. The largest absolute Gasteiger partial charge is 0.481 e. The lowest BCUT2D eigenvalue weighted by Gasteiger charge is -2.33. The van der Waals surface area contributed by atoms with Gasteiger partial charge >= 0.3 is 11.9 Å². The Hall–Kier alpha value is -1.59. The number of hydrogen-bond donors (Lipinski definition) is 3. The Bertz CT molecular complexity index is 306. The van der Waals surface area contributed by atoms with Crippen molar-refractivity contribution < 1.29 is 24.6 Å². The molecule has 0 saturated heterocycles. The first-order valence-corrected chi connectivity index (χ1v) is 5.22. The van der Waals surface area contributed by atoms with Crippen LogP contribution in [0.15, 0.2) is 0 Å². The average molecular weight is 229 g/mol. The SMILES string of the molecule is O=C(O)CC(=O)NC1(C(=O)O)CCCCC1. The first kappa shape index (κ1) is 12.5. The monoisotopic (exact) mass is 229 g/mol. The van der Waals surface area contributed by atoms with Gasteiger partial charge in [-0.05, 0) is 12.8 Å². The van der Waals surface area contributed by atoms with Gasteiger partial charge in [0.1, 0.15) is 12.0 Å². The van der Waals surface area contributed by atoms with Gasteiger partial charge in [0.2, 0.25) is 5.91 Å². The minimum Gasteiger partial charge on any atom is -0.481 e. The fraction of sp³-hybridized carbons (Fsp3) is 0.700. The molecule has 0 aromatic rings. The molecule has 6 heteroatoms. The third kappa shape index (κ3) is 2.95. The van der Waals surface area contributed by atoms with E-state index in [1.54, 1.807) is 0 Å². The molecule has 0 atom stereocenters. The first-order chi connectivity index (χ1) is 7.46. The van der Waals surface area contributed by atoms with Crippen molar-refractivity contribution in [1.82, 2.24) is 5.32 Å². The number of carbonyl (C=O) groups is 3. The van der Waals surface area contributed by atoms with Crippen molar-refractivity contribution in [3.63, 3.8) is 0 Å². The van der Waals surface area contributed by atoms with E-state index in [1.807, 2.05) is 0 Å². The number of carboxylic acid groups (broad SMARTS) is 2. The topological polar surface area (TPSA) is 104 Å². The van der Waals surface area contributed by atoms with E-state index in [2.05, 4.69) is 5.32 Å². The van der Waals surface area contributed by atoms with E-state index in [9.17, 15) is 14.4 Å². The van der Waals surface area contributed by atoms with Crippen LogP contribution in [0.4, 0.5) is 0 Å². The number of hydrogen-bond acceptors (Lipinski definition) is 3. The van der Waals surface area contributed by atoms with Crippen LogP contribution in [0.3, 0.4) is 0 Å². The quantitative estimate of drug-likeness (QED) is 0.604. The van der Waals surface area contributed by atoms with Crippen molar-refractivity contribution in [3.05, 3.63) is 0 Å². The summed E-state index contributed by atoms with van der Waals surface area (Å²) in [5, 5.41) is 19.9. The van der Waals surface area contributed by atoms with Gasteiger partial charge in [0.15, 0.2) is 0 Å². The summed E-state index contributed by atoms with van der Waals surface area (Å²) in [5.41, 5.74) is -1.26. The minimum atomic E-state index is -1.26. The maximum Gasteiger partial charge on any atom is 0.329 e. The van der Waals surface area contributed by atoms with Crippen LogP contribution in [-0.4, -0.2) is 33.6 Å². The first-order valence-electron chi connectivity index (χ1n) is 5.22. The number of carboxylic acids is 2. The maximum absolute atomic E-state index is 11.3. The zero-order valence-electron chi connectivity index (χ0n) is 8.86. The smallest absolute Gasteiger partial charge is 0.329 e. The van der Waals surface area contributed by atoms with Crippen LogP contribution in [0.1, 0.15) is 38.5 Å². The molecule has 90 valence electrons. The summed E-state index contributed by atoms with van der Waals surface area (Å²) >= 11 is 0. The summed E-state index contributed by atoms with van der Waals surface area (Å²) < 4.78 is 0. The van der Waals surface area contributed by atoms with Gasteiger partial charge < -0.3 is 15.5 Å². The van der Waals surface area contributed by atoms with Crippen molar-refractivity contribution in [2.75, 3.05) is 0 Å². The Morgan fingerprint density at radius 2 is 1.62 bits per heavy atom. The van der Waals surface area contributed by atoms with E-state index in [4.69, 9.17) is 10.2 Å². The van der Waals surface area contributed by atoms with Gasteiger partial charge in [-0.2, -0.15) is 0 Å². The van der Waals surface area contributed by atoms with E-state index >= 15 is 0 Å². The molecule has 0 radical (unpaired) electrons. The van der Waals surface area contributed by atoms with Gasteiger partial charge in [-0.15, -0.1) is 0 Å². The molecule has 0 heterocycles. The highest BCUT2D eigenvalue weighted by molar-refractivity contribution is 5.96. The van der Waals surface area contributed by atoms with E-state index < -0.39 is 29.8 Å². The van der Waals surface area contributed by atoms with E-state index in [-0.39, 0.29) is 0 Å². The Labute approximate surface area is 92.6 Å². The summed E-state index contributed by atoms with van der Waals surface area (Å²) in [6, 6.07) is 0. The lowest BCUT2D eigenvalue weighted by Crippen LogP contribution is -2.55. The third-order valence-electron chi connectivity index (χ3n) is 2.81. The van der Waals surface area contributed by atoms with E-state index in [0.29, 0.717) is 12.8 Å². The standard InChI is InChI=1S/C10H15NO5/c12-7(6-8(13)14)11-10(9(15)16)4-2-1-3-5-10/h1-6H2,(H,11,12)(H,13,14)(H,15,16). The predicted molar refractivity (Wildman–Crippen MR) is 53.8 cm³/mol. The predicted octanol–water partition coefficient (Wildman–Crippen LogP) is 0.365. The molecular weight excluding hydrogens is 214 g/mol. The average Bonchev–Trinajstić information content (AvgIpc) is 2.17. The molecule has 0 aliphatic heterocycles. The Morgan fingerprint density at radius 1 is 1.06 bits per heavy atom. The fourth-order valence-corrected chi connectivity index (χ4v) is 2.00. The molecule has 0 aromatic carbocycles. The molecule has 0 bridgehead atoms. The summed E-state index contributed by atoms with van der Waals surface area (Å²) in [5.74, 6) is -3.07. The Balaban J connectivity index is 2.67. The normalized spacial score (nSPS) is 18.8. The zero-order chi connectivity index (χ0) is 12.2. The molecule has 0 spiro atoms. The van der Waals surface area contributed by atoms with Crippen molar-refractivity contribution in [2.24, 2.45) is 0 Å². The van der Waals surface area contributed by atoms with Gasteiger partial charge in [-0.3, -0.25) is 9.59 Å². The third-order valence-corrected chi connectivity index (χ3v) is 2.81. The minimum absolute atomic E-state index is 0.369. The summed E-state index contributed by atoms with van der Waals surface area (Å²) in [6.45, 7) is 0. The van der Waals surface area contributed by atoms with Crippen LogP contribution in [0, 0.1) is 0 Å². The molecule has 3 N–H and O–H groups in total. The van der Waals surface area contributed by atoms with Crippen LogP contribution >= 0.6 is 0 Å². The number of aliphatic carboxylic acids is 2. The van der Waals surface area contributed by atoms with Crippen molar-refractivity contribution in [2.45, 2.75) is 44.1 Å². The zero-order valence-corrected chi connectivity index (χ0v) is 8.86. The summed E-state index contributed by atoms with van der Waals surface area (Å²) in [7, 11) is 0. The number of carbonyl (C=O) groups excluding carboxylic acids is 1. The number of rotatable bonds is 4. The van der Waals surface area contributed by atoms with E-state index in [0.717, 1.165) is 19.3 Å².